The van der Waals surface area contributed by atoms with Crippen LogP contribution in [0.1, 0.15) is 50.5 Å². The lowest BCUT2D eigenvalue weighted by atomic mass is 10.1. The zero-order valence-electron chi connectivity index (χ0n) is 16.6. The van der Waals surface area contributed by atoms with Crippen LogP contribution in [0.4, 0.5) is 0 Å². The van der Waals surface area contributed by atoms with Gasteiger partial charge in [0, 0.05) is 25.6 Å². The minimum absolute atomic E-state index is 0.0281. The van der Waals surface area contributed by atoms with Crippen LogP contribution < -0.4 is 5.32 Å². The van der Waals surface area contributed by atoms with Crippen molar-refractivity contribution in [1.29, 1.82) is 0 Å². The zero-order valence-corrected chi connectivity index (χ0v) is 17.4. The molecule has 2 heterocycles. The van der Waals surface area contributed by atoms with Crippen LogP contribution in [0.25, 0.3) is 10.2 Å². The third-order valence-electron chi connectivity index (χ3n) is 4.63. The van der Waals surface area contributed by atoms with Crippen molar-refractivity contribution < 1.29 is 19.1 Å². The number of ketones is 1. The van der Waals surface area contributed by atoms with Gasteiger partial charge in [-0.15, -0.1) is 11.3 Å². The van der Waals surface area contributed by atoms with Crippen molar-refractivity contribution in [1.82, 2.24) is 15.3 Å². The van der Waals surface area contributed by atoms with E-state index in [-0.39, 0.29) is 23.7 Å². The second-order valence-corrected chi connectivity index (χ2v) is 7.85. The summed E-state index contributed by atoms with van der Waals surface area (Å²) in [6.07, 6.45) is 1.51. The van der Waals surface area contributed by atoms with Gasteiger partial charge < -0.3 is 15.0 Å². The normalized spacial score (nSPS) is 10.9. The van der Waals surface area contributed by atoms with E-state index < -0.39 is 5.97 Å². The molecule has 2 N–H and O–H groups in total. The summed E-state index contributed by atoms with van der Waals surface area (Å²) >= 11 is 1.66. The number of hydrogen-bond donors (Lipinski definition) is 2. The molecule has 0 aliphatic carbocycles. The van der Waals surface area contributed by atoms with E-state index in [1.807, 2.05) is 24.3 Å². The van der Waals surface area contributed by atoms with Crippen molar-refractivity contribution in [3.05, 3.63) is 51.8 Å². The topological polar surface area (TPSA) is 101 Å². The van der Waals surface area contributed by atoms with Crippen LogP contribution in [0.2, 0.25) is 0 Å². The lowest BCUT2D eigenvalue weighted by Crippen LogP contribution is -2.27. The Balaban J connectivity index is 1.57. The summed E-state index contributed by atoms with van der Waals surface area (Å²) in [4.78, 5) is 43.7. The molecular formula is C21H23N3O4S. The summed E-state index contributed by atoms with van der Waals surface area (Å²) in [5, 5.41) is 3.90. The van der Waals surface area contributed by atoms with Crippen LogP contribution in [0.3, 0.4) is 0 Å². The molecule has 0 unspecified atom stereocenters. The molecule has 1 aromatic carbocycles. The molecule has 3 aromatic rings. The maximum atomic E-state index is 12.3. The number of benzene rings is 1. The molecule has 0 fully saturated rings. The molecule has 7 nitrogen and oxygen atoms in total. The summed E-state index contributed by atoms with van der Waals surface area (Å²) in [7, 11) is 1.27. The maximum Gasteiger partial charge on any atom is 0.339 e. The van der Waals surface area contributed by atoms with Gasteiger partial charge in [0.25, 0.3) is 0 Å². The SMILES string of the molecule is COC(=O)c1c(CC(=O)NCCCc2nc3ccccc3s2)[nH]c(C(C)=O)c1C. The van der Waals surface area contributed by atoms with Crippen molar-refractivity contribution in [2.45, 2.75) is 33.1 Å². The monoisotopic (exact) mass is 413 g/mol. The van der Waals surface area contributed by atoms with E-state index in [1.165, 1.54) is 14.0 Å². The number of thiazole rings is 1. The van der Waals surface area contributed by atoms with Gasteiger partial charge in [-0.1, -0.05) is 12.1 Å². The minimum Gasteiger partial charge on any atom is -0.465 e. The number of nitrogens with one attached hydrogen (secondary N) is 2. The molecule has 0 aliphatic rings. The quantitative estimate of drug-likeness (QED) is 0.335. The Bertz CT molecular complexity index is 1030. The van der Waals surface area contributed by atoms with Crippen LogP contribution in [0, 0.1) is 6.92 Å². The number of H-pyrrole nitrogens is 1. The summed E-state index contributed by atoms with van der Waals surface area (Å²) in [6.45, 7) is 3.58. The van der Waals surface area contributed by atoms with Crippen LogP contribution in [0.15, 0.2) is 24.3 Å². The van der Waals surface area contributed by atoms with Crippen LogP contribution in [-0.2, 0) is 22.4 Å². The van der Waals surface area contributed by atoms with Gasteiger partial charge >= 0.3 is 5.97 Å². The molecule has 0 spiro atoms. The number of esters is 1. The number of para-hydroxylation sites is 1. The highest BCUT2D eigenvalue weighted by Crippen LogP contribution is 2.22. The van der Waals surface area contributed by atoms with Gasteiger partial charge in [-0.25, -0.2) is 9.78 Å². The smallest absolute Gasteiger partial charge is 0.339 e. The molecule has 0 saturated heterocycles. The van der Waals surface area contributed by atoms with E-state index in [9.17, 15) is 14.4 Å². The first-order valence-corrected chi connectivity index (χ1v) is 10.1. The number of nitrogens with zero attached hydrogens (tertiary/aromatic N) is 1. The third kappa shape index (κ3) is 4.71. The van der Waals surface area contributed by atoms with E-state index >= 15 is 0 Å². The van der Waals surface area contributed by atoms with Crippen LogP contribution in [0.5, 0.6) is 0 Å². The first-order chi connectivity index (χ1) is 13.9. The van der Waals surface area contributed by atoms with E-state index in [2.05, 4.69) is 15.3 Å². The van der Waals surface area contributed by atoms with Crippen molar-refractivity contribution in [2.75, 3.05) is 13.7 Å². The second kappa shape index (κ2) is 9.00. The maximum absolute atomic E-state index is 12.3. The van der Waals surface area contributed by atoms with Gasteiger partial charge in [-0.3, -0.25) is 9.59 Å². The zero-order chi connectivity index (χ0) is 21.0. The number of hydrogen-bond acceptors (Lipinski definition) is 6. The minimum atomic E-state index is -0.565. The Kier molecular flexibility index (Phi) is 6.43. The molecule has 0 bridgehead atoms. The molecular weight excluding hydrogens is 390 g/mol. The number of aromatic amines is 1. The third-order valence-corrected chi connectivity index (χ3v) is 5.73. The molecule has 3 rings (SSSR count). The lowest BCUT2D eigenvalue weighted by Gasteiger charge is -2.06. The fourth-order valence-electron chi connectivity index (χ4n) is 3.24. The second-order valence-electron chi connectivity index (χ2n) is 6.73. The van der Waals surface area contributed by atoms with Gasteiger partial charge in [0.2, 0.25) is 5.91 Å². The average molecular weight is 413 g/mol. The summed E-state index contributed by atoms with van der Waals surface area (Å²) in [5.74, 6) is -0.990. The molecule has 29 heavy (non-hydrogen) atoms. The Morgan fingerprint density at radius 3 is 2.69 bits per heavy atom. The molecule has 2 aromatic heterocycles. The predicted molar refractivity (Wildman–Crippen MR) is 112 cm³/mol. The Labute approximate surface area is 172 Å². The van der Waals surface area contributed by atoms with Gasteiger partial charge in [0.1, 0.15) is 0 Å². The number of aryl methyl sites for hydroxylation is 1. The van der Waals surface area contributed by atoms with E-state index in [4.69, 9.17) is 4.74 Å². The molecule has 0 aliphatic heterocycles. The Morgan fingerprint density at radius 2 is 2.00 bits per heavy atom. The number of carbonyl (C=O) groups is 3. The number of carbonyl (C=O) groups excluding carboxylic acids is 3. The van der Waals surface area contributed by atoms with Crippen molar-refractivity contribution in [3.8, 4) is 0 Å². The number of fused-ring (bicyclic) bond motifs is 1. The molecule has 0 radical (unpaired) electrons. The number of methoxy groups -OCH3 is 1. The molecule has 8 heteroatoms. The number of rotatable bonds is 8. The van der Waals surface area contributed by atoms with Crippen molar-refractivity contribution in [3.63, 3.8) is 0 Å². The fraction of sp³-hybridized carbons (Fsp3) is 0.333. The summed E-state index contributed by atoms with van der Waals surface area (Å²) < 4.78 is 5.95. The molecule has 0 saturated carbocycles. The molecule has 1 amide bonds. The van der Waals surface area contributed by atoms with E-state index in [0.717, 1.165) is 28.1 Å². The van der Waals surface area contributed by atoms with Crippen molar-refractivity contribution in [2.24, 2.45) is 0 Å². The number of amides is 1. The summed E-state index contributed by atoms with van der Waals surface area (Å²) in [6, 6.07) is 8.00. The highest BCUT2D eigenvalue weighted by molar-refractivity contribution is 7.18. The number of Topliss-reactive ketones (excluding diaryl/α,β-unsaturated/α-hetero) is 1. The first kappa shape index (κ1) is 20.7. The largest absolute Gasteiger partial charge is 0.465 e. The standard InChI is InChI=1S/C21H23N3O4S/c1-12-19(21(27)28-3)15(24-20(12)13(2)25)11-17(26)22-10-6-9-18-23-14-7-4-5-8-16(14)29-18/h4-5,7-8,24H,6,9-11H2,1-3H3,(H,22,26). The number of aromatic nitrogens is 2. The first-order valence-electron chi connectivity index (χ1n) is 9.32. The average Bonchev–Trinajstić information content (AvgIpc) is 3.25. The van der Waals surface area contributed by atoms with E-state index in [0.29, 0.717) is 23.5 Å². The lowest BCUT2D eigenvalue weighted by molar-refractivity contribution is -0.120. The summed E-state index contributed by atoms with van der Waals surface area (Å²) in [5.41, 5.74) is 2.47. The van der Waals surface area contributed by atoms with Gasteiger partial charge in [0.05, 0.1) is 40.0 Å². The predicted octanol–water partition coefficient (Wildman–Crippen LogP) is 3.21. The molecule has 0 atom stereocenters. The Hall–Kier alpha value is -3.00. The molecule has 152 valence electrons. The fourth-order valence-corrected chi connectivity index (χ4v) is 4.25. The Morgan fingerprint density at radius 1 is 1.24 bits per heavy atom. The number of ether oxygens (including phenoxy) is 1. The van der Waals surface area contributed by atoms with Crippen LogP contribution in [-0.4, -0.2) is 41.3 Å². The highest BCUT2D eigenvalue weighted by Gasteiger charge is 2.24. The van der Waals surface area contributed by atoms with Crippen LogP contribution >= 0.6 is 11.3 Å². The van der Waals surface area contributed by atoms with Gasteiger partial charge in [0.15, 0.2) is 5.78 Å². The van der Waals surface area contributed by atoms with E-state index in [1.54, 1.807) is 18.3 Å². The van der Waals surface area contributed by atoms with Gasteiger partial charge in [-0.05, 0) is 31.0 Å². The van der Waals surface area contributed by atoms with Gasteiger partial charge in [-0.2, -0.15) is 0 Å². The highest BCUT2D eigenvalue weighted by atomic mass is 32.1. The van der Waals surface area contributed by atoms with Crippen molar-refractivity contribution >= 4 is 39.2 Å².